The summed E-state index contributed by atoms with van der Waals surface area (Å²) in [6.45, 7) is 0.995. The predicted octanol–water partition coefficient (Wildman–Crippen LogP) is 1.68. The van der Waals surface area contributed by atoms with Gasteiger partial charge in [-0.2, -0.15) is 0 Å². The van der Waals surface area contributed by atoms with Gasteiger partial charge in [-0.3, -0.25) is 29.4 Å². The van der Waals surface area contributed by atoms with E-state index in [1.165, 1.54) is 36.5 Å². The van der Waals surface area contributed by atoms with Crippen molar-refractivity contribution in [2.75, 3.05) is 30.9 Å². The Morgan fingerprint density at radius 2 is 1.94 bits per heavy atom. The fraction of sp³-hybridized carbons (Fsp3) is 0.318. The molecule has 35 heavy (non-hydrogen) atoms. The summed E-state index contributed by atoms with van der Waals surface area (Å²) in [6, 6.07) is 5.85. The van der Waals surface area contributed by atoms with E-state index in [1.807, 2.05) is 0 Å². The third-order valence-corrected chi connectivity index (χ3v) is 5.09. The van der Waals surface area contributed by atoms with Crippen molar-refractivity contribution < 1.29 is 28.3 Å². The maximum atomic E-state index is 13.0. The summed E-state index contributed by atoms with van der Waals surface area (Å²) in [7, 11) is 0. The normalized spacial score (nSPS) is 11.3. The molecule has 188 valence electrons. The van der Waals surface area contributed by atoms with E-state index in [0.717, 1.165) is 4.57 Å². The van der Waals surface area contributed by atoms with Crippen molar-refractivity contribution in [2.45, 2.75) is 26.3 Å². The minimum absolute atomic E-state index is 0.0263. The zero-order chi connectivity index (χ0) is 26.1. The third kappa shape index (κ3) is 7.03. The number of rotatable bonds is 9. The number of ether oxygens (including phenoxy) is 1. The number of anilines is 2. The molecule has 13 heteroatoms. The van der Waals surface area contributed by atoms with Crippen LogP contribution in [0.2, 0.25) is 5.02 Å². The average Bonchev–Trinajstić information content (AvgIpc) is 2.82. The minimum Gasteiger partial charge on any atom is -0.465 e. The Kier molecular flexibility index (Phi) is 9.76. The zero-order valence-electron chi connectivity index (χ0n) is 19.0. The van der Waals surface area contributed by atoms with E-state index in [0.29, 0.717) is 5.01 Å². The first-order valence-corrected chi connectivity index (χ1v) is 10.9. The summed E-state index contributed by atoms with van der Waals surface area (Å²) in [6.07, 6.45) is 1.41. The molecule has 11 nitrogen and oxygen atoms in total. The number of hydrogen-bond donors (Lipinski definition) is 3. The van der Waals surface area contributed by atoms with Crippen LogP contribution >= 0.6 is 11.6 Å². The number of nitrogens with zero attached hydrogens (tertiary/aromatic N) is 2. The zero-order valence-corrected chi connectivity index (χ0v) is 19.8. The van der Waals surface area contributed by atoms with Gasteiger partial charge in [-0.05, 0) is 43.7 Å². The molecule has 0 bridgehead atoms. The Morgan fingerprint density at radius 3 is 2.54 bits per heavy atom. The summed E-state index contributed by atoms with van der Waals surface area (Å²) in [5.74, 6) is -3.51. The maximum Gasteiger partial charge on any atom is 0.327 e. The van der Waals surface area contributed by atoms with Gasteiger partial charge < -0.3 is 20.4 Å². The lowest BCUT2D eigenvalue weighted by Gasteiger charge is -2.25. The Balaban J connectivity index is 2.26. The van der Waals surface area contributed by atoms with E-state index >= 15 is 0 Å². The fourth-order valence-electron chi connectivity index (χ4n) is 3.03. The number of aromatic nitrogens is 1. The molecular weight excluding hydrogens is 485 g/mol. The highest BCUT2D eigenvalue weighted by Crippen LogP contribution is 2.20. The quantitative estimate of drug-likeness (QED) is 0.264. The van der Waals surface area contributed by atoms with Gasteiger partial charge in [-0.1, -0.05) is 18.5 Å². The number of carbonyl (C=O) groups excluding carboxylic acids is 4. The second-order valence-corrected chi connectivity index (χ2v) is 7.55. The highest BCUT2D eigenvalue weighted by Gasteiger charge is 2.26. The van der Waals surface area contributed by atoms with Crippen molar-refractivity contribution in [3.8, 4) is 0 Å². The number of nitrogens with one attached hydrogen (secondary N) is 2. The standard InChI is InChI=1S/C22H25ClFN5O6/c1-3-17(21(33)27-29(18(30)11-24)12-19(31)35-4-2)28-9-5-6-16(22(28)34)26-20(32)13-7-8-15(25)14(23)10-13/h5-10,17H,3-4,11-12,25H2,1-2H3,(H,26,32)(H,27,33)/t17-/m0/s1. The highest BCUT2D eigenvalue weighted by atomic mass is 35.5. The van der Waals surface area contributed by atoms with Crippen molar-refractivity contribution >= 4 is 46.7 Å². The van der Waals surface area contributed by atoms with Crippen LogP contribution in [0.3, 0.4) is 0 Å². The van der Waals surface area contributed by atoms with Gasteiger partial charge in [0.15, 0.2) is 6.67 Å². The molecule has 0 radical (unpaired) electrons. The van der Waals surface area contributed by atoms with Gasteiger partial charge in [0.2, 0.25) is 0 Å². The molecule has 1 heterocycles. The van der Waals surface area contributed by atoms with E-state index in [-0.39, 0.29) is 35.0 Å². The van der Waals surface area contributed by atoms with Crippen LogP contribution in [0.25, 0.3) is 0 Å². The Morgan fingerprint density at radius 1 is 1.23 bits per heavy atom. The van der Waals surface area contributed by atoms with Crippen LogP contribution in [0.1, 0.15) is 36.7 Å². The first-order valence-electron chi connectivity index (χ1n) is 10.5. The summed E-state index contributed by atoms with van der Waals surface area (Å²) in [5.41, 5.74) is 7.41. The van der Waals surface area contributed by atoms with Gasteiger partial charge >= 0.3 is 5.97 Å². The molecule has 2 aromatic rings. The van der Waals surface area contributed by atoms with Crippen LogP contribution < -0.4 is 22.0 Å². The van der Waals surface area contributed by atoms with Crippen molar-refractivity contribution in [1.29, 1.82) is 0 Å². The SMILES string of the molecule is CCOC(=O)CN(NC(=O)[C@H](CC)n1cccc(NC(=O)c2ccc(N)c(Cl)c2)c1=O)C(=O)CF. The molecule has 4 N–H and O–H groups in total. The number of nitrogens with two attached hydrogens (primary N) is 1. The maximum absolute atomic E-state index is 13.0. The monoisotopic (exact) mass is 509 g/mol. The van der Waals surface area contributed by atoms with E-state index in [1.54, 1.807) is 13.8 Å². The number of amides is 3. The lowest BCUT2D eigenvalue weighted by molar-refractivity contribution is -0.154. The number of esters is 1. The van der Waals surface area contributed by atoms with Crippen LogP contribution in [-0.4, -0.2) is 53.1 Å². The van der Waals surface area contributed by atoms with Crippen LogP contribution in [0, 0.1) is 0 Å². The average molecular weight is 510 g/mol. The Hall–Kier alpha value is -3.93. The third-order valence-electron chi connectivity index (χ3n) is 4.76. The van der Waals surface area contributed by atoms with Gasteiger partial charge in [0.1, 0.15) is 18.3 Å². The van der Waals surface area contributed by atoms with Crippen LogP contribution in [0.15, 0.2) is 41.3 Å². The molecule has 0 saturated heterocycles. The Bertz CT molecular complexity index is 1170. The second kappa shape index (κ2) is 12.5. The number of hydrogen-bond acceptors (Lipinski definition) is 7. The molecule has 0 aliphatic carbocycles. The predicted molar refractivity (Wildman–Crippen MR) is 126 cm³/mol. The molecule has 1 aromatic heterocycles. The first kappa shape index (κ1) is 27.3. The smallest absolute Gasteiger partial charge is 0.327 e. The molecule has 1 aromatic carbocycles. The summed E-state index contributed by atoms with van der Waals surface area (Å²) in [5, 5.41) is 3.12. The molecule has 2 rings (SSSR count). The van der Waals surface area contributed by atoms with E-state index in [4.69, 9.17) is 22.1 Å². The molecule has 0 spiro atoms. The number of hydrazine groups is 1. The molecule has 0 saturated carbocycles. The number of halogens is 2. The number of carbonyl (C=O) groups is 4. The van der Waals surface area contributed by atoms with E-state index in [9.17, 15) is 28.4 Å². The lowest BCUT2D eigenvalue weighted by Crippen LogP contribution is -2.52. The highest BCUT2D eigenvalue weighted by molar-refractivity contribution is 6.33. The first-order chi connectivity index (χ1) is 16.6. The van der Waals surface area contributed by atoms with Crippen molar-refractivity contribution in [2.24, 2.45) is 0 Å². The van der Waals surface area contributed by atoms with E-state index < -0.39 is 48.5 Å². The minimum atomic E-state index is -1.47. The van der Waals surface area contributed by atoms with Gasteiger partial charge in [0, 0.05) is 11.8 Å². The Labute approximate surface area is 204 Å². The molecular formula is C22H25ClFN5O6. The van der Waals surface area contributed by atoms with Crippen LogP contribution in [0.5, 0.6) is 0 Å². The second-order valence-electron chi connectivity index (χ2n) is 7.14. The van der Waals surface area contributed by atoms with Gasteiger partial charge in [-0.25, -0.2) is 9.40 Å². The number of alkyl halides is 1. The summed E-state index contributed by atoms with van der Waals surface area (Å²) < 4.78 is 18.7. The molecule has 0 unspecified atom stereocenters. The molecule has 0 aliphatic heterocycles. The number of nitrogen functional groups attached to an aromatic ring is 1. The van der Waals surface area contributed by atoms with Crippen molar-refractivity contribution in [3.05, 3.63) is 57.5 Å². The summed E-state index contributed by atoms with van der Waals surface area (Å²) >= 11 is 5.94. The van der Waals surface area contributed by atoms with Crippen LogP contribution in [0.4, 0.5) is 15.8 Å². The van der Waals surface area contributed by atoms with E-state index in [2.05, 4.69) is 10.7 Å². The van der Waals surface area contributed by atoms with Gasteiger partial charge in [0.05, 0.1) is 17.3 Å². The number of benzene rings is 1. The molecule has 1 atom stereocenters. The van der Waals surface area contributed by atoms with Crippen molar-refractivity contribution in [3.63, 3.8) is 0 Å². The molecule has 0 aliphatic rings. The topological polar surface area (TPSA) is 153 Å². The van der Waals surface area contributed by atoms with Crippen molar-refractivity contribution in [1.82, 2.24) is 15.0 Å². The fourth-order valence-corrected chi connectivity index (χ4v) is 3.21. The molecule has 3 amide bonds. The summed E-state index contributed by atoms with van der Waals surface area (Å²) in [4.78, 5) is 62.0. The van der Waals surface area contributed by atoms with Gasteiger partial charge in [-0.15, -0.1) is 0 Å². The lowest BCUT2D eigenvalue weighted by atomic mass is 10.2. The molecule has 0 fully saturated rings. The number of pyridine rings is 1. The van der Waals surface area contributed by atoms with Gasteiger partial charge in [0.25, 0.3) is 23.3 Å². The largest absolute Gasteiger partial charge is 0.465 e. The van der Waals surface area contributed by atoms with Crippen LogP contribution in [-0.2, 0) is 19.1 Å².